The van der Waals surface area contributed by atoms with Crippen LogP contribution < -0.4 is 0 Å². The standard InChI is InChI=1S/C25H40N2/c1-3-5-7-8-9-10-14-21-27-22-24(26-25(27)20-6-4-2)19-15-18-23-16-12-11-13-17-23/h11-13,16-17,22H,3-10,14-15,18-21H2,1-2H3. The predicted octanol–water partition coefficient (Wildman–Crippen LogP) is 7.15. The van der Waals surface area contributed by atoms with E-state index in [0.29, 0.717) is 0 Å². The van der Waals surface area contributed by atoms with Crippen molar-refractivity contribution >= 4 is 0 Å². The second-order valence-electron chi connectivity index (χ2n) is 7.91. The van der Waals surface area contributed by atoms with Crippen molar-refractivity contribution in [2.45, 2.75) is 104 Å². The molecule has 0 unspecified atom stereocenters. The largest absolute Gasteiger partial charge is 0.335 e. The zero-order valence-electron chi connectivity index (χ0n) is 17.8. The van der Waals surface area contributed by atoms with Crippen molar-refractivity contribution in [1.82, 2.24) is 9.55 Å². The zero-order valence-corrected chi connectivity index (χ0v) is 17.8. The number of benzene rings is 1. The Morgan fingerprint density at radius 2 is 1.41 bits per heavy atom. The van der Waals surface area contributed by atoms with Crippen LogP contribution in [0.15, 0.2) is 36.5 Å². The van der Waals surface area contributed by atoms with Crippen molar-refractivity contribution in [2.24, 2.45) is 0 Å². The molecule has 150 valence electrons. The molecule has 0 radical (unpaired) electrons. The molecule has 0 N–H and O–H groups in total. The maximum Gasteiger partial charge on any atom is 0.108 e. The Kier molecular flexibility index (Phi) is 10.9. The first-order valence-corrected chi connectivity index (χ1v) is 11.4. The van der Waals surface area contributed by atoms with Gasteiger partial charge < -0.3 is 4.57 Å². The highest BCUT2D eigenvalue weighted by Gasteiger charge is 2.08. The highest BCUT2D eigenvalue weighted by molar-refractivity contribution is 5.15. The van der Waals surface area contributed by atoms with Crippen LogP contribution in [0.3, 0.4) is 0 Å². The molecule has 0 bridgehead atoms. The summed E-state index contributed by atoms with van der Waals surface area (Å²) in [7, 11) is 0. The van der Waals surface area contributed by atoms with Gasteiger partial charge in [-0.25, -0.2) is 4.98 Å². The number of unbranched alkanes of at least 4 members (excludes halogenated alkanes) is 7. The molecule has 27 heavy (non-hydrogen) atoms. The lowest BCUT2D eigenvalue weighted by atomic mass is 10.1. The molecule has 0 aliphatic heterocycles. The van der Waals surface area contributed by atoms with E-state index >= 15 is 0 Å². The van der Waals surface area contributed by atoms with E-state index in [1.165, 1.54) is 81.3 Å². The van der Waals surface area contributed by atoms with Gasteiger partial charge in [0.15, 0.2) is 0 Å². The fraction of sp³-hybridized carbons (Fsp3) is 0.640. The summed E-state index contributed by atoms with van der Waals surface area (Å²) in [5.74, 6) is 1.32. The fourth-order valence-corrected chi connectivity index (χ4v) is 3.72. The third-order valence-electron chi connectivity index (χ3n) is 5.41. The van der Waals surface area contributed by atoms with Gasteiger partial charge in [0.05, 0.1) is 5.69 Å². The molecular formula is C25H40N2. The van der Waals surface area contributed by atoms with Gasteiger partial charge in [0, 0.05) is 19.2 Å². The zero-order chi connectivity index (χ0) is 19.2. The molecule has 0 saturated heterocycles. The van der Waals surface area contributed by atoms with Gasteiger partial charge >= 0.3 is 0 Å². The lowest BCUT2D eigenvalue weighted by molar-refractivity contribution is 0.536. The van der Waals surface area contributed by atoms with Gasteiger partial charge in [-0.1, -0.05) is 89.1 Å². The Morgan fingerprint density at radius 3 is 2.15 bits per heavy atom. The third-order valence-corrected chi connectivity index (χ3v) is 5.41. The number of aryl methyl sites for hydroxylation is 4. The van der Waals surface area contributed by atoms with E-state index in [1.807, 2.05) is 0 Å². The molecule has 0 saturated carbocycles. The number of rotatable bonds is 15. The van der Waals surface area contributed by atoms with E-state index in [1.54, 1.807) is 0 Å². The van der Waals surface area contributed by atoms with Crippen LogP contribution in [-0.4, -0.2) is 9.55 Å². The molecule has 0 atom stereocenters. The Hall–Kier alpha value is -1.57. The molecule has 0 amide bonds. The minimum Gasteiger partial charge on any atom is -0.335 e. The average molecular weight is 369 g/mol. The number of hydrogen-bond donors (Lipinski definition) is 0. The lowest BCUT2D eigenvalue weighted by Crippen LogP contribution is -2.03. The second kappa shape index (κ2) is 13.6. The lowest BCUT2D eigenvalue weighted by Gasteiger charge is -2.07. The van der Waals surface area contributed by atoms with Crippen molar-refractivity contribution in [3.8, 4) is 0 Å². The Balaban J connectivity index is 1.77. The molecule has 0 fully saturated rings. The van der Waals surface area contributed by atoms with Gasteiger partial charge in [-0.05, 0) is 37.7 Å². The van der Waals surface area contributed by atoms with E-state index in [2.05, 4.69) is 54.9 Å². The van der Waals surface area contributed by atoms with E-state index in [0.717, 1.165) is 25.8 Å². The Morgan fingerprint density at radius 1 is 0.704 bits per heavy atom. The molecule has 1 aromatic carbocycles. The van der Waals surface area contributed by atoms with Gasteiger partial charge in [0.25, 0.3) is 0 Å². The summed E-state index contributed by atoms with van der Waals surface area (Å²) in [5.41, 5.74) is 2.73. The molecular weight excluding hydrogens is 328 g/mol. The maximum atomic E-state index is 4.98. The van der Waals surface area contributed by atoms with Gasteiger partial charge in [0.1, 0.15) is 5.82 Å². The molecule has 2 nitrogen and oxygen atoms in total. The molecule has 0 aliphatic carbocycles. The Bertz CT molecular complexity index is 600. The van der Waals surface area contributed by atoms with Crippen LogP contribution in [0.4, 0.5) is 0 Å². The van der Waals surface area contributed by atoms with Crippen molar-refractivity contribution in [3.63, 3.8) is 0 Å². The normalized spacial score (nSPS) is 11.2. The van der Waals surface area contributed by atoms with Crippen LogP contribution in [0.1, 0.15) is 95.1 Å². The van der Waals surface area contributed by atoms with Gasteiger partial charge in [-0.2, -0.15) is 0 Å². The molecule has 1 aromatic heterocycles. The first-order valence-electron chi connectivity index (χ1n) is 11.4. The maximum absolute atomic E-state index is 4.98. The molecule has 2 rings (SSSR count). The van der Waals surface area contributed by atoms with Gasteiger partial charge in [-0.15, -0.1) is 0 Å². The van der Waals surface area contributed by atoms with Crippen molar-refractivity contribution in [2.75, 3.05) is 0 Å². The number of aromatic nitrogens is 2. The second-order valence-corrected chi connectivity index (χ2v) is 7.91. The quantitative estimate of drug-likeness (QED) is 0.305. The minimum absolute atomic E-state index is 1.10. The summed E-state index contributed by atoms with van der Waals surface area (Å²) in [6, 6.07) is 10.8. The number of hydrogen-bond acceptors (Lipinski definition) is 1. The molecule has 0 spiro atoms. The van der Waals surface area contributed by atoms with Crippen LogP contribution >= 0.6 is 0 Å². The van der Waals surface area contributed by atoms with Crippen LogP contribution in [0.5, 0.6) is 0 Å². The minimum atomic E-state index is 1.10. The summed E-state index contributed by atoms with van der Waals surface area (Å²) in [6.07, 6.45) is 19.0. The summed E-state index contributed by atoms with van der Waals surface area (Å²) in [6.45, 7) is 5.71. The Labute approximate surface area is 167 Å². The third kappa shape index (κ3) is 8.77. The SMILES string of the molecule is CCCCCCCCCn1cc(CCCc2ccccc2)nc1CCCC. The van der Waals surface area contributed by atoms with E-state index in [4.69, 9.17) is 4.98 Å². The predicted molar refractivity (Wildman–Crippen MR) is 117 cm³/mol. The highest BCUT2D eigenvalue weighted by atomic mass is 15.1. The first-order chi connectivity index (χ1) is 13.3. The van der Waals surface area contributed by atoms with E-state index in [-0.39, 0.29) is 0 Å². The summed E-state index contributed by atoms with van der Waals surface area (Å²) >= 11 is 0. The smallest absolute Gasteiger partial charge is 0.108 e. The summed E-state index contributed by atoms with van der Waals surface area (Å²) in [4.78, 5) is 4.98. The van der Waals surface area contributed by atoms with Crippen molar-refractivity contribution in [3.05, 3.63) is 53.6 Å². The van der Waals surface area contributed by atoms with E-state index in [9.17, 15) is 0 Å². The summed E-state index contributed by atoms with van der Waals surface area (Å²) in [5, 5.41) is 0. The first kappa shape index (κ1) is 21.7. The number of imidazole rings is 1. The number of nitrogens with zero attached hydrogens (tertiary/aromatic N) is 2. The van der Waals surface area contributed by atoms with Crippen LogP contribution in [-0.2, 0) is 25.8 Å². The van der Waals surface area contributed by atoms with Crippen LogP contribution in [0.25, 0.3) is 0 Å². The molecule has 1 heterocycles. The molecule has 2 heteroatoms. The highest BCUT2D eigenvalue weighted by Crippen LogP contribution is 2.14. The van der Waals surface area contributed by atoms with Crippen LogP contribution in [0, 0.1) is 0 Å². The van der Waals surface area contributed by atoms with Gasteiger partial charge in [0.2, 0.25) is 0 Å². The molecule has 2 aromatic rings. The van der Waals surface area contributed by atoms with Crippen LogP contribution in [0.2, 0.25) is 0 Å². The van der Waals surface area contributed by atoms with Crippen molar-refractivity contribution in [1.29, 1.82) is 0 Å². The average Bonchev–Trinajstić information content (AvgIpc) is 3.08. The molecule has 0 aliphatic rings. The topological polar surface area (TPSA) is 17.8 Å². The van der Waals surface area contributed by atoms with Crippen molar-refractivity contribution < 1.29 is 0 Å². The summed E-state index contributed by atoms with van der Waals surface area (Å²) < 4.78 is 2.46. The van der Waals surface area contributed by atoms with Gasteiger partial charge in [-0.3, -0.25) is 0 Å². The van der Waals surface area contributed by atoms with E-state index < -0.39 is 0 Å². The monoisotopic (exact) mass is 368 g/mol. The fourth-order valence-electron chi connectivity index (χ4n) is 3.72.